The molecule has 1 N–H and O–H groups in total. The summed E-state index contributed by atoms with van der Waals surface area (Å²) in [7, 11) is 3.53. The molecule has 3 heterocycles. The summed E-state index contributed by atoms with van der Waals surface area (Å²) in [6.07, 6.45) is 4.51. The molecule has 160 valence electrons. The van der Waals surface area contributed by atoms with Gasteiger partial charge in [0, 0.05) is 44.3 Å². The number of hydrazone groups is 1. The second kappa shape index (κ2) is 7.90. The fourth-order valence-corrected chi connectivity index (χ4v) is 6.02. The van der Waals surface area contributed by atoms with Crippen LogP contribution < -0.4 is 10.2 Å². The minimum Gasteiger partial charge on any atom is -0.362 e. The predicted octanol–water partition coefficient (Wildman–Crippen LogP) is 5.05. The number of rotatable bonds is 4. The number of allylic oxidation sites excluding steroid dienone is 5. The van der Waals surface area contributed by atoms with Crippen molar-refractivity contribution in [2.24, 2.45) is 5.10 Å². The SMILES string of the molecule is C=C1C=C(c2nc3sc(N4CCC(NC(C)(C)C)C4)cc3s2)C=C(F)/C1=N/N(C)C. The van der Waals surface area contributed by atoms with Gasteiger partial charge in [-0.1, -0.05) is 17.9 Å². The second-order valence-electron chi connectivity index (χ2n) is 9.01. The lowest BCUT2D eigenvalue weighted by atomic mass is 10.0. The molecule has 2 aliphatic rings. The molecule has 1 aliphatic heterocycles. The van der Waals surface area contributed by atoms with E-state index in [1.807, 2.05) is 6.08 Å². The number of nitrogens with zero attached hydrogens (tertiary/aromatic N) is 4. The molecule has 4 rings (SSSR count). The zero-order chi connectivity index (χ0) is 21.6. The summed E-state index contributed by atoms with van der Waals surface area (Å²) in [5.41, 5.74) is 1.72. The molecule has 1 atom stereocenters. The highest BCUT2D eigenvalue weighted by molar-refractivity contribution is 7.29. The van der Waals surface area contributed by atoms with Gasteiger partial charge in [-0.15, -0.1) is 11.3 Å². The standard InChI is InChI=1S/C22H28FN5S2/c1-13-9-14(10-16(23)19(13)26-27(5)6)20-24-21-17(29-20)11-18(30-21)28-8-7-15(12-28)25-22(2,3)4/h9-11,15,25H,1,7-8,12H2,2-6H3/b26-19+. The summed E-state index contributed by atoms with van der Waals surface area (Å²) >= 11 is 3.31. The normalized spacial score (nSPS) is 21.5. The molecule has 1 unspecified atom stereocenters. The van der Waals surface area contributed by atoms with Gasteiger partial charge in [0.15, 0.2) is 5.83 Å². The Morgan fingerprint density at radius 3 is 2.70 bits per heavy atom. The first kappa shape index (κ1) is 21.2. The van der Waals surface area contributed by atoms with Gasteiger partial charge in [0.1, 0.15) is 15.5 Å². The van der Waals surface area contributed by atoms with Crippen molar-refractivity contribution in [3.8, 4) is 0 Å². The maximum atomic E-state index is 14.6. The summed E-state index contributed by atoms with van der Waals surface area (Å²) in [6, 6.07) is 2.73. The number of halogens is 1. The third kappa shape index (κ3) is 4.50. The fourth-order valence-electron chi connectivity index (χ4n) is 3.78. The zero-order valence-corrected chi connectivity index (χ0v) is 19.8. The summed E-state index contributed by atoms with van der Waals surface area (Å²) < 4.78 is 15.7. The van der Waals surface area contributed by atoms with Gasteiger partial charge >= 0.3 is 0 Å². The molecule has 0 amide bonds. The van der Waals surface area contributed by atoms with Crippen LogP contribution in [0.2, 0.25) is 0 Å². The first-order chi connectivity index (χ1) is 14.1. The topological polar surface area (TPSA) is 43.8 Å². The average Bonchev–Trinajstić information content (AvgIpc) is 3.30. The quantitative estimate of drug-likeness (QED) is 0.669. The van der Waals surface area contributed by atoms with Crippen LogP contribution in [0.1, 0.15) is 32.2 Å². The second-order valence-corrected chi connectivity index (χ2v) is 11.1. The highest BCUT2D eigenvalue weighted by atomic mass is 32.1. The van der Waals surface area contributed by atoms with Crippen molar-refractivity contribution in [3.63, 3.8) is 0 Å². The van der Waals surface area contributed by atoms with Gasteiger partial charge in [-0.3, -0.25) is 0 Å². The summed E-state index contributed by atoms with van der Waals surface area (Å²) in [5.74, 6) is -0.375. The molecule has 0 spiro atoms. The van der Waals surface area contributed by atoms with Crippen LogP contribution in [0.15, 0.2) is 41.3 Å². The molecule has 1 fully saturated rings. The minimum atomic E-state index is -0.375. The maximum Gasteiger partial charge on any atom is 0.151 e. The van der Waals surface area contributed by atoms with Gasteiger partial charge in [-0.2, -0.15) is 5.10 Å². The van der Waals surface area contributed by atoms with Crippen molar-refractivity contribution in [2.75, 3.05) is 32.1 Å². The van der Waals surface area contributed by atoms with Crippen molar-refractivity contribution in [1.82, 2.24) is 15.3 Å². The van der Waals surface area contributed by atoms with Crippen LogP contribution in [0.5, 0.6) is 0 Å². The van der Waals surface area contributed by atoms with E-state index in [-0.39, 0.29) is 17.1 Å². The first-order valence-electron chi connectivity index (χ1n) is 10.1. The minimum absolute atomic E-state index is 0.130. The Hall–Kier alpha value is -2.03. The van der Waals surface area contributed by atoms with Crippen LogP contribution in [0.4, 0.5) is 9.39 Å². The van der Waals surface area contributed by atoms with Gasteiger partial charge in [0.2, 0.25) is 0 Å². The number of thiazole rings is 1. The van der Waals surface area contributed by atoms with E-state index in [9.17, 15) is 4.39 Å². The first-order valence-corrected chi connectivity index (χ1v) is 11.7. The van der Waals surface area contributed by atoms with E-state index in [1.165, 1.54) is 11.1 Å². The molecule has 0 saturated carbocycles. The van der Waals surface area contributed by atoms with Crippen molar-refractivity contribution in [2.45, 2.75) is 38.8 Å². The molecule has 1 saturated heterocycles. The van der Waals surface area contributed by atoms with E-state index in [2.05, 4.69) is 48.7 Å². The smallest absolute Gasteiger partial charge is 0.151 e. The van der Waals surface area contributed by atoms with Gasteiger partial charge in [-0.25, -0.2) is 9.37 Å². The number of nitrogens with one attached hydrogen (secondary N) is 1. The molecule has 1 aliphatic carbocycles. The van der Waals surface area contributed by atoms with E-state index >= 15 is 0 Å². The Labute approximate surface area is 185 Å². The molecule has 0 aromatic carbocycles. The van der Waals surface area contributed by atoms with Gasteiger partial charge in [-0.05, 0) is 51.0 Å². The fraction of sp³-hybridized carbons (Fsp3) is 0.455. The average molecular weight is 446 g/mol. The predicted molar refractivity (Wildman–Crippen MR) is 128 cm³/mol. The van der Waals surface area contributed by atoms with Gasteiger partial charge in [0.25, 0.3) is 0 Å². The largest absolute Gasteiger partial charge is 0.362 e. The lowest BCUT2D eigenvalue weighted by Crippen LogP contribution is -2.44. The number of hydrogen-bond acceptors (Lipinski definition) is 7. The molecular weight excluding hydrogens is 417 g/mol. The van der Waals surface area contributed by atoms with Crippen LogP contribution in [0.3, 0.4) is 0 Å². The lowest BCUT2D eigenvalue weighted by molar-refractivity contribution is 0.373. The third-order valence-corrected chi connectivity index (χ3v) is 7.17. The molecule has 0 radical (unpaired) electrons. The van der Waals surface area contributed by atoms with Crippen molar-refractivity contribution < 1.29 is 4.39 Å². The van der Waals surface area contributed by atoms with E-state index in [4.69, 9.17) is 4.98 Å². The lowest BCUT2D eigenvalue weighted by Gasteiger charge is -2.26. The number of anilines is 1. The number of hydrogen-bond donors (Lipinski definition) is 1. The van der Waals surface area contributed by atoms with Crippen molar-refractivity contribution >= 4 is 48.5 Å². The Bertz CT molecular complexity index is 1040. The maximum absolute atomic E-state index is 14.6. The van der Waals surface area contributed by atoms with E-state index in [1.54, 1.807) is 41.8 Å². The molecule has 0 bridgehead atoms. The summed E-state index contributed by atoms with van der Waals surface area (Å²) in [6.45, 7) is 12.7. The van der Waals surface area contributed by atoms with Crippen LogP contribution in [-0.4, -0.2) is 54.5 Å². The zero-order valence-electron chi connectivity index (χ0n) is 18.1. The van der Waals surface area contributed by atoms with Crippen LogP contribution in [-0.2, 0) is 0 Å². The molecule has 30 heavy (non-hydrogen) atoms. The highest BCUT2D eigenvalue weighted by Gasteiger charge is 2.27. The highest BCUT2D eigenvalue weighted by Crippen LogP contribution is 2.40. The molecule has 2 aromatic heterocycles. The Balaban J connectivity index is 1.52. The molecule has 5 nitrogen and oxygen atoms in total. The van der Waals surface area contributed by atoms with E-state index in [0.717, 1.165) is 39.6 Å². The Morgan fingerprint density at radius 2 is 2.07 bits per heavy atom. The van der Waals surface area contributed by atoms with Crippen LogP contribution >= 0.6 is 22.7 Å². The third-order valence-electron chi connectivity index (χ3n) is 4.90. The number of fused-ring (bicyclic) bond motifs is 1. The van der Waals surface area contributed by atoms with Gasteiger partial charge < -0.3 is 15.2 Å². The summed E-state index contributed by atoms with van der Waals surface area (Å²) in [4.78, 5) is 8.23. The Morgan fingerprint density at radius 1 is 1.30 bits per heavy atom. The van der Waals surface area contributed by atoms with Crippen molar-refractivity contribution in [3.05, 3.63) is 41.2 Å². The number of thiophene rings is 1. The van der Waals surface area contributed by atoms with Gasteiger partial charge in [0.05, 0.1) is 9.70 Å². The van der Waals surface area contributed by atoms with E-state index in [0.29, 0.717) is 11.6 Å². The number of aromatic nitrogens is 1. The van der Waals surface area contributed by atoms with Crippen molar-refractivity contribution in [1.29, 1.82) is 0 Å². The monoisotopic (exact) mass is 445 g/mol. The molecule has 8 heteroatoms. The molecular formula is C22H28FN5S2. The summed E-state index contributed by atoms with van der Waals surface area (Å²) in [5, 5.41) is 11.5. The van der Waals surface area contributed by atoms with Crippen LogP contribution in [0.25, 0.3) is 15.1 Å². The molecule has 2 aromatic rings. The Kier molecular flexibility index (Phi) is 5.59. The van der Waals surface area contributed by atoms with Crippen LogP contribution in [0, 0.1) is 0 Å². The van der Waals surface area contributed by atoms with E-state index < -0.39 is 0 Å².